The van der Waals surface area contributed by atoms with E-state index >= 15 is 0 Å². The third kappa shape index (κ3) is 3.86. The van der Waals surface area contributed by atoms with Gasteiger partial charge in [0.25, 0.3) is 0 Å². The van der Waals surface area contributed by atoms with Crippen LogP contribution in [0.3, 0.4) is 0 Å². The molecule has 2 aromatic rings. The van der Waals surface area contributed by atoms with Crippen LogP contribution in [0.4, 0.5) is 10.5 Å². The Labute approximate surface area is 147 Å². The van der Waals surface area contributed by atoms with Crippen LogP contribution in [-0.4, -0.2) is 30.9 Å². The minimum Gasteiger partial charge on any atom is -0.463 e. The summed E-state index contributed by atoms with van der Waals surface area (Å²) in [4.78, 5) is 13.2. The highest BCUT2D eigenvalue weighted by molar-refractivity contribution is 5.89. The van der Waals surface area contributed by atoms with Crippen molar-refractivity contribution in [1.82, 2.24) is 5.32 Å². The number of nitrogens with zero attached hydrogens (tertiary/aromatic N) is 1. The lowest BCUT2D eigenvalue weighted by atomic mass is 10.0. The van der Waals surface area contributed by atoms with E-state index in [0.717, 1.165) is 17.0 Å². The molecule has 1 aromatic carbocycles. The molecule has 0 bridgehead atoms. The molecule has 1 aliphatic rings. The maximum absolute atomic E-state index is 11.6. The molecule has 3 rings (SSSR count). The zero-order chi connectivity index (χ0) is 18.0. The van der Waals surface area contributed by atoms with Gasteiger partial charge in [-0.15, -0.1) is 0 Å². The van der Waals surface area contributed by atoms with Crippen LogP contribution in [0.1, 0.15) is 37.0 Å². The van der Waals surface area contributed by atoms with Crippen LogP contribution in [0.25, 0.3) is 0 Å². The van der Waals surface area contributed by atoms with Crippen LogP contribution in [0, 0.1) is 6.92 Å². The first kappa shape index (κ1) is 17.5. The SMILES string of the molecule is Cc1ccc([C@](C)(O)CN[C@@H](C)c2ccc(N3CCOC3=O)cc2)o1. The van der Waals surface area contributed by atoms with E-state index in [4.69, 9.17) is 9.15 Å². The zero-order valence-electron chi connectivity index (χ0n) is 14.8. The highest BCUT2D eigenvalue weighted by Gasteiger charge is 2.27. The number of cyclic esters (lactones) is 1. The number of hydrogen-bond donors (Lipinski definition) is 2. The molecule has 0 saturated carbocycles. The Morgan fingerprint density at radius 2 is 2.00 bits per heavy atom. The average Bonchev–Trinajstić information content (AvgIpc) is 3.22. The number of carbonyl (C=O) groups excluding carboxylic acids is 1. The summed E-state index contributed by atoms with van der Waals surface area (Å²) in [5.74, 6) is 1.33. The van der Waals surface area contributed by atoms with Crippen molar-refractivity contribution >= 4 is 11.8 Å². The van der Waals surface area contributed by atoms with Gasteiger partial charge in [-0.3, -0.25) is 4.90 Å². The van der Waals surface area contributed by atoms with E-state index < -0.39 is 5.60 Å². The molecular weight excluding hydrogens is 320 g/mol. The third-order valence-corrected chi connectivity index (χ3v) is 4.49. The number of aliphatic hydroxyl groups is 1. The molecule has 25 heavy (non-hydrogen) atoms. The van der Waals surface area contributed by atoms with Crippen LogP contribution < -0.4 is 10.2 Å². The van der Waals surface area contributed by atoms with E-state index in [2.05, 4.69) is 5.32 Å². The molecule has 0 unspecified atom stereocenters. The predicted octanol–water partition coefficient (Wildman–Crippen LogP) is 3.10. The molecule has 0 radical (unpaired) electrons. The quantitative estimate of drug-likeness (QED) is 0.842. The molecule has 1 amide bonds. The zero-order valence-corrected chi connectivity index (χ0v) is 14.8. The van der Waals surface area contributed by atoms with Gasteiger partial charge >= 0.3 is 6.09 Å². The number of anilines is 1. The first-order valence-corrected chi connectivity index (χ1v) is 8.44. The summed E-state index contributed by atoms with van der Waals surface area (Å²) < 4.78 is 10.5. The fraction of sp³-hybridized carbons (Fsp3) is 0.421. The number of ether oxygens (including phenoxy) is 1. The lowest BCUT2D eigenvalue weighted by Gasteiger charge is -2.24. The number of carbonyl (C=O) groups is 1. The van der Waals surface area contributed by atoms with Crippen LogP contribution in [0.15, 0.2) is 40.8 Å². The van der Waals surface area contributed by atoms with Crippen molar-refractivity contribution in [3.63, 3.8) is 0 Å². The second-order valence-electron chi connectivity index (χ2n) is 6.64. The van der Waals surface area contributed by atoms with Crippen molar-refractivity contribution < 1.29 is 19.1 Å². The van der Waals surface area contributed by atoms with Crippen molar-refractivity contribution in [3.8, 4) is 0 Å². The van der Waals surface area contributed by atoms with Gasteiger partial charge in [-0.05, 0) is 50.6 Å². The van der Waals surface area contributed by atoms with Gasteiger partial charge in [0.1, 0.15) is 23.7 Å². The lowest BCUT2D eigenvalue weighted by molar-refractivity contribution is 0.0313. The standard InChI is InChI=1S/C19H24N2O4/c1-13-4-9-17(25-13)19(3,23)12-20-14(2)15-5-7-16(8-6-15)21-10-11-24-18(21)22/h4-9,14,20,23H,10-12H2,1-3H3/t14-,19+/m0/s1. The number of benzene rings is 1. The molecule has 2 N–H and O–H groups in total. The molecular formula is C19H24N2O4. The summed E-state index contributed by atoms with van der Waals surface area (Å²) in [6.07, 6.45) is -0.302. The Morgan fingerprint density at radius 1 is 1.28 bits per heavy atom. The monoisotopic (exact) mass is 344 g/mol. The number of nitrogens with one attached hydrogen (secondary N) is 1. The molecule has 134 valence electrons. The molecule has 0 aliphatic carbocycles. The van der Waals surface area contributed by atoms with Gasteiger partial charge in [0, 0.05) is 18.3 Å². The molecule has 2 atom stereocenters. The van der Waals surface area contributed by atoms with Crippen LogP contribution in [0.5, 0.6) is 0 Å². The van der Waals surface area contributed by atoms with Crippen molar-refractivity contribution in [2.45, 2.75) is 32.4 Å². The summed E-state index contributed by atoms with van der Waals surface area (Å²) in [6, 6.07) is 11.5. The topological polar surface area (TPSA) is 74.9 Å². The van der Waals surface area contributed by atoms with Crippen molar-refractivity contribution in [2.24, 2.45) is 0 Å². The van der Waals surface area contributed by atoms with Gasteiger partial charge in [0.15, 0.2) is 0 Å². The minimum absolute atomic E-state index is 0.0436. The van der Waals surface area contributed by atoms with E-state index in [9.17, 15) is 9.90 Å². The highest BCUT2D eigenvalue weighted by atomic mass is 16.6. The molecule has 0 spiro atoms. The van der Waals surface area contributed by atoms with Gasteiger partial charge in [-0.25, -0.2) is 4.79 Å². The number of hydrogen-bond acceptors (Lipinski definition) is 5. The Bertz CT molecular complexity index is 736. The number of furan rings is 1. The summed E-state index contributed by atoms with van der Waals surface area (Å²) in [6.45, 7) is 6.99. The van der Waals surface area contributed by atoms with Crippen LogP contribution >= 0.6 is 0 Å². The molecule has 1 fully saturated rings. The van der Waals surface area contributed by atoms with E-state index in [1.165, 1.54) is 0 Å². The van der Waals surface area contributed by atoms with Gasteiger partial charge in [-0.2, -0.15) is 0 Å². The lowest BCUT2D eigenvalue weighted by Crippen LogP contribution is -2.36. The molecule has 1 aliphatic heterocycles. The smallest absolute Gasteiger partial charge is 0.414 e. The normalized spacial score (nSPS) is 18.1. The fourth-order valence-corrected chi connectivity index (χ4v) is 2.85. The first-order chi connectivity index (χ1) is 11.9. The first-order valence-electron chi connectivity index (χ1n) is 8.44. The van der Waals surface area contributed by atoms with Crippen molar-refractivity contribution in [1.29, 1.82) is 0 Å². The largest absolute Gasteiger partial charge is 0.463 e. The summed E-state index contributed by atoms with van der Waals surface area (Å²) in [7, 11) is 0. The fourth-order valence-electron chi connectivity index (χ4n) is 2.85. The van der Waals surface area contributed by atoms with Gasteiger partial charge in [0.05, 0.1) is 6.54 Å². The Balaban J connectivity index is 1.61. The number of amides is 1. The molecule has 6 nitrogen and oxygen atoms in total. The van der Waals surface area contributed by atoms with E-state index in [-0.39, 0.29) is 12.1 Å². The number of rotatable bonds is 6. The van der Waals surface area contributed by atoms with Gasteiger partial charge < -0.3 is 19.6 Å². The van der Waals surface area contributed by atoms with Crippen molar-refractivity contribution in [2.75, 3.05) is 24.6 Å². The van der Waals surface area contributed by atoms with Gasteiger partial charge in [-0.1, -0.05) is 12.1 Å². The third-order valence-electron chi connectivity index (χ3n) is 4.49. The summed E-state index contributed by atoms with van der Waals surface area (Å²) in [5, 5.41) is 13.9. The summed E-state index contributed by atoms with van der Waals surface area (Å²) in [5.41, 5.74) is 0.821. The second kappa shape index (κ2) is 6.90. The molecule has 1 saturated heterocycles. The molecule has 6 heteroatoms. The van der Waals surface area contributed by atoms with Crippen LogP contribution in [-0.2, 0) is 10.3 Å². The summed E-state index contributed by atoms with van der Waals surface area (Å²) >= 11 is 0. The maximum atomic E-state index is 11.6. The van der Waals surface area contributed by atoms with Crippen LogP contribution in [0.2, 0.25) is 0 Å². The molecule has 2 heterocycles. The second-order valence-corrected chi connectivity index (χ2v) is 6.64. The van der Waals surface area contributed by atoms with E-state index in [0.29, 0.717) is 25.5 Å². The Morgan fingerprint density at radius 3 is 2.56 bits per heavy atom. The van der Waals surface area contributed by atoms with E-state index in [1.807, 2.05) is 44.2 Å². The predicted molar refractivity (Wildman–Crippen MR) is 94.6 cm³/mol. The van der Waals surface area contributed by atoms with E-state index in [1.54, 1.807) is 17.9 Å². The average molecular weight is 344 g/mol. The Kier molecular flexibility index (Phi) is 4.83. The van der Waals surface area contributed by atoms with Crippen molar-refractivity contribution in [3.05, 3.63) is 53.5 Å². The minimum atomic E-state index is -1.08. The highest BCUT2D eigenvalue weighted by Crippen LogP contribution is 2.25. The van der Waals surface area contributed by atoms with Gasteiger partial charge in [0.2, 0.25) is 0 Å². The molecule has 1 aromatic heterocycles. The Hall–Kier alpha value is -2.31. The maximum Gasteiger partial charge on any atom is 0.414 e. The number of aryl methyl sites for hydroxylation is 1.